The first-order valence-electron chi connectivity index (χ1n) is 11.7. The summed E-state index contributed by atoms with van der Waals surface area (Å²) < 4.78 is 27.3. The number of halogens is 2. The quantitative estimate of drug-likeness (QED) is 0.546. The number of aromatic nitrogens is 3. The summed E-state index contributed by atoms with van der Waals surface area (Å²) in [6, 6.07) is 3.63. The van der Waals surface area contributed by atoms with Crippen LogP contribution in [0.1, 0.15) is 24.1 Å². The number of hydrogen-bond donors (Lipinski definition) is 2. The maximum atomic E-state index is 14.8. The van der Waals surface area contributed by atoms with E-state index >= 15 is 0 Å². The van der Waals surface area contributed by atoms with Crippen LogP contribution in [0.15, 0.2) is 29.3 Å². The van der Waals surface area contributed by atoms with Crippen molar-refractivity contribution in [2.75, 3.05) is 32.8 Å². The molecule has 1 saturated heterocycles. The first-order valence-corrected chi connectivity index (χ1v) is 12.1. The third-order valence-electron chi connectivity index (χ3n) is 7.03. The Labute approximate surface area is 205 Å². The van der Waals surface area contributed by atoms with Gasteiger partial charge in [0.2, 0.25) is 0 Å². The Morgan fingerprint density at radius 1 is 1.17 bits per heavy atom. The second kappa shape index (κ2) is 8.70. The molecular formula is C24H25ClFN5O4. The van der Waals surface area contributed by atoms with Crippen LogP contribution in [0.5, 0.6) is 11.5 Å². The first kappa shape index (κ1) is 22.7. The molecule has 9 nitrogen and oxygen atoms in total. The highest BCUT2D eigenvalue weighted by Gasteiger charge is 2.43. The molecule has 1 fully saturated rings. The van der Waals surface area contributed by atoms with Crippen molar-refractivity contribution in [3.63, 3.8) is 0 Å². The van der Waals surface area contributed by atoms with Gasteiger partial charge in [-0.3, -0.25) is 19.7 Å². The standard InChI is InChI=1S/C24H25ClFN5O4/c25-16-8-18-22-21(17(26)10-29-18)24(33,13-31(22)23(16)32)12-30-3-1-14(2-4-30)27-9-15-7-19-20(11-28-15)35-6-5-34-19/h7-8,10-11,14,27,33H,1-6,9,12-13H2/t24-/m0/s1. The number of hydrogen-bond acceptors (Lipinski definition) is 8. The van der Waals surface area contributed by atoms with E-state index in [1.54, 1.807) is 6.20 Å². The lowest BCUT2D eigenvalue weighted by Gasteiger charge is -2.37. The smallest absolute Gasteiger partial charge is 0.270 e. The van der Waals surface area contributed by atoms with Crippen molar-refractivity contribution < 1.29 is 19.0 Å². The van der Waals surface area contributed by atoms with Crippen molar-refractivity contribution in [2.24, 2.45) is 0 Å². The summed E-state index contributed by atoms with van der Waals surface area (Å²) in [6.07, 6.45) is 4.52. The lowest BCUT2D eigenvalue weighted by Crippen LogP contribution is -2.48. The van der Waals surface area contributed by atoms with E-state index in [2.05, 4.69) is 20.2 Å². The SMILES string of the molecule is O=c1c(Cl)cc2ncc(F)c3c2n1C[C@@]3(O)CN1CCC(NCc2cc3c(cn2)OCCO3)CC1. The van der Waals surface area contributed by atoms with Gasteiger partial charge in [-0.15, -0.1) is 0 Å². The Morgan fingerprint density at radius 3 is 2.74 bits per heavy atom. The molecule has 0 spiro atoms. The van der Waals surface area contributed by atoms with Gasteiger partial charge in [0.25, 0.3) is 5.56 Å². The molecule has 0 saturated carbocycles. The van der Waals surface area contributed by atoms with E-state index < -0.39 is 17.0 Å². The molecule has 0 bridgehead atoms. The average Bonchev–Trinajstić information content (AvgIpc) is 3.18. The van der Waals surface area contributed by atoms with E-state index in [9.17, 15) is 14.3 Å². The summed E-state index contributed by atoms with van der Waals surface area (Å²) in [7, 11) is 0. The Kier molecular flexibility index (Phi) is 5.63. The van der Waals surface area contributed by atoms with E-state index in [4.69, 9.17) is 21.1 Å². The number of pyridine rings is 3. The molecule has 0 radical (unpaired) electrons. The van der Waals surface area contributed by atoms with Gasteiger partial charge in [-0.1, -0.05) is 11.6 Å². The molecule has 3 aromatic heterocycles. The number of likely N-dealkylation sites (tertiary alicyclic amines) is 1. The molecular weight excluding hydrogens is 477 g/mol. The van der Waals surface area contributed by atoms with E-state index in [1.165, 1.54) is 10.6 Å². The number of aliphatic hydroxyl groups is 1. The highest BCUT2D eigenvalue weighted by Crippen LogP contribution is 2.38. The first-order chi connectivity index (χ1) is 16.9. The van der Waals surface area contributed by atoms with Gasteiger partial charge in [0.15, 0.2) is 11.5 Å². The predicted octanol–water partition coefficient (Wildman–Crippen LogP) is 1.81. The van der Waals surface area contributed by atoms with Gasteiger partial charge in [0.05, 0.1) is 41.2 Å². The van der Waals surface area contributed by atoms with Crippen LogP contribution in [-0.2, 0) is 18.7 Å². The highest BCUT2D eigenvalue weighted by atomic mass is 35.5. The Hall–Kier alpha value is -2.79. The van der Waals surface area contributed by atoms with Crippen LogP contribution in [0.3, 0.4) is 0 Å². The second-order valence-electron chi connectivity index (χ2n) is 9.38. The number of fused-ring (bicyclic) bond motifs is 1. The van der Waals surface area contributed by atoms with Crippen molar-refractivity contribution in [2.45, 2.75) is 37.6 Å². The van der Waals surface area contributed by atoms with Crippen molar-refractivity contribution >= 4 is 22.6 Å². The van der Waals surface area contributed by atoms with Crippen LogP contribution in [0.2, 0.25) is 5.02 Å². The fourth-order valence-electron chi connectivity index (χ4n) is 5.35. The number of piperidine rings is 1. The topological polar surface area (TPSA) is 102 Å². The molecule has 0 unspecified atom stereocenters. The number of ether oxygens (including phenoxy) is 2. The van der Waals surface area contributed by atoms with Crippen LogP contribution >= 0.6 is 11.6 Å². The average molecular weight is 502 g/mol. The second-order valence-corrected chi connectivity index (χ2v) is 9.79. The van der Waals surface area contributed by atoms with Crippen LogP contribution in [0, 0.1) is 5.82 Å². The van der Waals surface area contributed by atoms with Crippen LogP contribution in [0.25, 0.3) is 11.0 Å². The fraction of sp³-hybridized carbons (Fsp3) is 0.458. The largest absolute Gasteiger partial charge is 0.486 e. The third kappa shape index (κ3) is 4.04. The number of nitrogens with one attached hydrogen (secondary N) is 1. The van der Waals surface area contributed by atoms with Gasteiger partial charge in [-0.25, -0.2) is 4.39 Å². The third-order valence-corrected chi connectivity index (χ3v) is 7.31. The number of β-amino-alcohol motifs (C(OH)–C–C–N with tert-alkyl or cyclic N) is 1. The molecule has 2 N–H and O–H groups in total. The molecule has 11 heteroatoms. The maximum absolute atomic E-state index is 14.8. The monoisotopic (exact) mass is 501 g/mol. The Balaban J connectivity index is 1.10. The zero-order chi connectivity index (χ0) is 24.2. The summed E-state index contributed by atoms with van der Waals surface area (Å²) in [5.74, 6) is 0.783. The summed E-state index contributed by atoms with van der Waals surface area (Å²) in [5.41, 5.74) is -0.239. The predicted molar refractivity (Wildman–Crippen MR) is 126 cm³/mol. The Morgan fingerprint density at radius 2 is 1.94 bits per heavy atom. The van der Waals surface area contributed by atoms with E-state index in [1.807, 2.05) is 6.07 Å². The molecule has 6 rings (SSSR count). The zero-order valence-electron chi connectivity index (χ0n) is 19.0. The number of rotatable bonds is 5. The Bertz CT molecular complexity index is 1360. The molecule has 0 amide bonds. The van der Waals surface area contributed by atoms with Gasteiger partial charge in [-0.2, -0.15) is 0 Å². The van der Waals surface area contributed by atoms with Gasteiger partial charge in [-0.05, 0) is 32.0 Å². The van der Waals surface area contributed by atoms with Crippen molar-refractivity contribution in [1.82, 2.24) is 24.8 Å². The minimum absolute atomic E-state index is 0.00574. The van der Waals surface area contributed by atoms with Crippen LogP contribution in [-0.4, -0.2) is 63.4 Å². The number of nitrogens with zero attached hydrogens (tertiary/aromatic N) is 4. The van der Waals surface area contributed by atoms with Crippen molar-refractivity contribution in [1.29, 1.82) is 0 Å². The summed E-state index contributed by atoms with van der Waals surface area (Å²) >= 11 is 6.06. The maximum Gasteiger partial charge on any atom is 0.270 e. The summed E-state index contributed by atoms with van der Waals surface area (Å²) in [6.45, 7) is 3.33. The van der Waals surface area contributed by atoms with E-state index in [-0.39, 0.29) is 23.7 Å². The van der Waals surface area contributed by atoms with Crippen LogP contribution in [0.4, 0.5) is 4.39 Å². The molecule has 184 valence electrons. The van der Waals surface area contributed by atoms with Crippen LogP contribution < -0.4 is 20.3 Å². The summed E-state index contributed by atoms with van der Waals surface area (Å²) in [4.78, 5) is 23.2. The van der Waals surface area contributed by atoms with Crippen molar-refractivity contribution in [3.05, 3.63) is 57.0 Å². The lowest BCUT2D eigenvalue weighted by molar-refractivity contribution is -0.0159. The zero-order valence-corrected chi connectivity index (χ0v) is 19.7. The molecule has 6 heterocycles. The van der Waals surface area contributed by atoms with Gasteiger partial charge < -0.3 is 24.5 Å². The normalized spacial score (nSPS) is 22.1. The highest BCUT2D eigenvalue weighted by molar-refractivity contribution is 6.31. The van der Waals surface area contributed by atoms with Gasteiger partial charge in [0, 0.05) is 25.2 Å². The molecule has 35 heavy (non-hydrogen) atoms. The van der Waals surface area contributed by atoms with Gasteiger partial charge in [0.1, 0.15) is 29.7 Å². The van der Waals surface area contributed by atoms with E-state index in [0.717, 1.165) is 43.6 Å². The molecule has 1 atom stereocenters. The fourth-order valence-corrected chi connectivity index (χ4v) is 5.55. The molecule has 0 aliphatic carbocycles. The van der Waals surface area contributed by atoms with E-state index in [0.29, 0.717) is 42.6 Å². The minimum atomic E-state index is -1.53. The summed E-state index contributed by atoms with van der Waals surface area (Å²) in [5, 5.41) is 15.1. The van der Waals surface area contributed by atoms with Crippen molar-refractivity contribution in [3.8, 4) is 11.5 Å². The van der Waals surface area contributed by atoms with Gasteiger partial charge >= 0.3 is 0 Å². The molecule has 3 aromatic rings. The molecule has 0 aromatic carbocycles. The lowest BCUT2D eigenvalue weighted by atomic mass is 9.93. The molecule has 3 aliphatic heterocycles. The minimum Gasteiger partial charge on any atom is -0.486 e. The molecule has 3 aliphatic rings.